The van der Waals surface area contributed by atoms with Crippen LogP contribution >= 0.6 is 0 Å². The summed E-state index contributed by atoms with van der Waals surface area (Å²) in [6.45, 7) is 0. The number of carbonyl (C=O) groups is 1. The Balaban J connectivity index is 1.89. The van der Waals surface area contributed by atoms with Crippen LogP contribution in [-0.2, 0) is 4.79 Å². The number of aliphatic hydroxyl groups is 1. The van der Waals surface area contributed by atoms with Crippen LogP contribution < -0.4 is 5.43 Å². The van der Waals surface area contributed by atoms with Gasteiger partial charge in [0.15, 0.2) is 6.10 Å². The van der Waals surface area contributed by atoms with Gasteiger partial charge in [-0.25, -0.2) is 5.43 Å². The molecule has 24 heavy (non-hydrogen) atoms. The Hall–Kier alpha value is -3.32. The van der Waals surface area contributed by atoms with Gasteiger partial charge in [-0.15, -0.1) is 0 Å². The molecule has 0 aliphatic carbocycles. The van der Waals surface area contributed by atoms with Gasteiger partial charge in [0.25, 0.3) is 11.6 Å². The number of aliphatic hydroxyl groups excluding tert-OH is 1. The van der Waals surface area contributed by atoms with Gasteiger partial charge in [-0.3, -0.25) is 14.9 Å². The number of allylic oxidation sites excluding steroid dienone is 1. The Morgan fingerprint density at radius 3 is 2.67 bits per heavy atom. The van der Waals surface area contributed by atoms with E-state index in [4.69, 9.17) is 0 Å². The van der Waals surface area contributed by atoms with Crippen LogP contribution in [0, 0.1) is 10.1 Å². The fourth-order valence-electron chi connectivity index (χ4n) is 1.89. The van der Waals surface area contributed by atoms with Crippen LogP contribution in [0.3, 0.4) is 0 Å². The quantitative estimate of drug-likeness (QED) is 0.483. The maximum atomic E-state index is 11.7. The van der Waals surface area contributed by atoms with Gasteiger partial charge in [-0.2, -0.15) is 5.10 Å². The summed E-state index contributed by atoms with van der Waals surface area (Å²) in [6.07, 6.45) is 3.14. The summed E-state index contributed by atoms with van der Waals surface area (Å²) in [5.74, 6) is -0.652. The molecule has 0 fully saturated rings. The summed E-state index contributed by atoms with van der Waals surface area (Å²) >= 11 is 0. The van der Waals surface area contributed by atoms with Gasteiger partial charge < -0.3 is 5.11 Å². The molecule has 1 amide bonds. The van der Waals surface area contributed by atoms with Gasteiger partial charge in [0.05, 0.1) is 4.92 Å². The number of nitro benzene ring substituents is 1. The van der Waals surface area contributed by atoms with Crippen molar-refractivity contribution in [2.75, 3.05) is 0 Å². The van der Waals surface area contributed by atoms with E-state index >= 15 is 0 Å². The van der Waals surface area contributed by atoms with Crippen LogP contribution in [0.25, 0.3) is 6.08 Å². The van der Waals surface area contributed by atoms with Crippen molar-refractivity contribution in [3.8, 4) is 0 Å². The van der Waals surface area contributed by atoms with Gasteiger partial charge >= 0.3 is 0 Å². The summed E-state index contributed by atoms with van der Waals surface area (Å²) in [7, 11) is 0. The Kier molecular flexibility index (Phi) is 5.93. The van der Waals surface area contributed by atoms with Crippen LogP contribution in [0.4, 0.5) is 5.69 Å². The normalized spacial score (nSPS) is 12.4. The monoisotopic (exact) mass is 325 g/mol. The number of benzene rings is 2. The molecule has 0 aliphatic rings. The molecule has 0 heterocycles. The third kappa shape index (κ3) is 4.85. The highest BCUT2D eigenvalue weighted by Gasteiger charge is 2.15. The van der Waals surface area contributed by atoms with Gasteiger partial charge in [0.2, 0.25) is 0 Å². The van der Waals surface area contributed by atoms with Crippen molar-refractivity contribution < 1.29 is 14.8 Å². The summed E-state index contributed by atoms with van der Waals surface area (Å²) in [5, 5.41) is 24.2. The third-order valence-corrected chi connectivity index (χ3v) is 3.07. The van der Waals surface area contributed by atoms with Gasteiger partial charge in [-0.05, 0) is 17.2 Å². The molecule has 2 aromatic rings. The molecule has 0 aliphatic heterocycles. The lowest BCUT2D eigenvalue weighted by Gasteiger charge is -2.08. The van der Waals surface area contributed by atoms with Gasteiger partial charge in [0, 0.05) is 18.3 Å². The minimum atomic E-state index is -1.30. The lowest BCUT2D eigenvalue weighted by molar-refractivity contribution is -0.384. The van der Waals surface area contributed by atoms with E-state index in [-0.39, 0.29) is 5.69 Å². The first-order valence-electron chi connectivity index (χ1n) is 7.05. The highest BCUT2D eigenvalue weighted by atomic mass is 16.6. The second-order valence-corrected chi connectivity index (χ2v) is 4.78. The summed E-state index contributed by atoms with van der Waals surface area (Å²) in [5.41, 5.74) is 3.31. The van der Waals surface area contributed by atoms with E-state index < -0.39 is 16.9 Å². The molecule has 2 aromatic carbocycles. The second kappa shape index (κ2) is 8.35. The number of non-ortho nitro benzene ring substituents is 1. The Labute approximate surface area is 138 Å². The Bertz CT molecular complexity index is 772. The van der Waals surface area contributed by atoms with Crippen LogP contribution in [0.15, 0.2) is 65.8 Å². The molecule has 0 bridgehead atoms. The summed E-state index contributed by atoms with van der Waals surface area (Å²) in [6, 6.07) is 14.6. The molecule has 7 nitrogen and oxygen atoms in total. The predicted molar refractivity (Wildman–Crippen MR) is 90.2 cm³/mol. The van der Waals surface area contributed by atoms with Crippen molar-refractivity contribution in [3.63, 3.8) is 0 Å². The highest BCUT2D eigenvalue weighted by molar-refractivity contribution is 5.84. The topological polar surface area (TPSA) is 105 Å². The number of carbonyl (C=O) groups excluding carboxylic acids is 1. The molecule has 2 N–H and O–H groups in total. The van der Waals surface area contributed by atoms with Crippen molar-refractivity contribution in [1.82, 2.24) is 5.43 Å². The molecule has 2 rings (SSSR count). The number of nitrogens with one attached hydrogen (secondary N) is 1. The number of nitro groups is 1. The van der Waals surface area contributed by atoms with Crippen molar-refractivity contribution in [2.24, 2.45) is 5.10 Å². The lowest BCUT2D eigenvalue weighted by atomic mass is 10.1. The average Bonchev–Trinajstić information content (AvgIpc) is 2.61. The van der Waals surface area contributed by atoms with Crippen molar-refractivity contribution >= 4 is 23.9 Å². The number of nitrogens with zero attached hydrogens (tertiary/aromatic N) is 2. The van der Waals surface area contributed by atoms with Crippen LogP contribution in [-0.4, -0.2) is 22.2 Å². The molecule has 122 valence electrons. The summed E-state index contributed by atoms with van der Waals surface area (Å²) in [4.78, 5) is 21.9. The fourth-order valence-corrected chi connectivity index (χ4v) is 1.89. The zero-order valence-electron chi connectivity index (χ0n) is 12.6. The lowest BCUT2D eigenvalue weighted by Crippen LogP contribution is -2.24. The van der Waals surface area contributed by atoms with Crippen LogP contribution in [0.5, 0.6) is 0 Å². The molecular weight excluding hydrogens is 310 g/mol. The van der Waals surface area contributed by atoms with E-state index in [1.807, 2.05) is 0 Å². The molecule has 0 saturated heterocycles. The highest BCUT2D eigenvalue weighted by Crippen LogP contribution is 2.14. The SMILES string of the molecule is O=C(N/N=C\C=C\c1cccc([N+](=O)[O-])c1)[C@H](O)c1ccccc1. The molecule has 0 radical (unpaired) electrons. The van der Waals surface area contributed by atoms with Crippen molar-refractivity contribution in [2.45, 2.75) is 6.10 Å². The van der Waals surface area contributed by atoms with Crippen molar-refractivity contribution in [3.05, 3.63) is 81.9 Å². The molecule has 0 unspecified atom stereocenters. The Morgan fingerprint density at radius 2 is 1.96 bits per heavy atom. The number of hydrogen-bond donors (Lipinski definition) is 2. The first kappa shape index (κ1) is 17.0. The standard InChI is InChI=1S/C17H15N3O4/c21-16(14-8-2-1-3-9-14)17(22)19-18-11-5-7-13-6-4-10-15(12-13)20(23)24/h1-12,16,21H,(H,19,22)/b7-5+,18-11-/t16-/m1/s1. The van der Waals surface area contributed by atoms with Crippen molar-refractivity contribution in [1.29, 1.82) is 0 Å². The van der Waals surface area contributed by atoms with E-state index in [0.29, 0.717) is 11.1 Å². The van der Waals surface area contributed by atoms with Gasteiger partial charge in [0.1, 0.15) is 0 Å². The van der Waals surface area contributed by atoms with E-state index in [0.717, 1.165) is 0 Å². The smallest absolute Gasteiger partial charge is 0.273 e. The van der Waals surface area contributed by atoms with Gasteiger partial charge in [-0.1, -0.05) is 48.5 Å². The predicted octanol–water partition coefficient (Wildman–Crippen LogP) is 2.44. The number of amides is 1. The van der Waals surface area contributed by atoms with E-state index in [2.05, 4.69) is 10.5 Å². The van der Waals surface area contributed by atoms with E-state index in [9.17, 15) is 20.0 Å². The average molecular weight is 325 g/mol. The number of hydrogen-bond acceptors (Lipinski definition) is 5. The third-order valence-electron chi connectivity index (χ3n) is 3.07. The number of rotatable bonds is 6. The maximum absolute atomic E-state index is 11.7. The van der Waals surface area contributed by atoms with E-state index in [1.165, 1.54) is 24.4 Å². The minimum Gasteiger partial charge on any atom is -0.378 e. The fraction of sp³-hybridized carbons (Fsp3) is 0.0588. The molecule has 7 heteroatoms. The molecule has 0 saturated carbocycles. The van der Waals surface area contributed by atoms with Crippen LogP contribution in [0.1, 0.15) is 17.2 Å². The first-order valence-corrected chi connectivity index (χ1v) is 7.05. The molecule has 1 atom stereocenters. The Morgan fingerprint density at radius 1 is 1.21 bits per heavy atom. The largest absolute Gasteiger partial charge is 0.378 e. The maximum Gasteiger partial charge on any atom is 0.273 e. The first-order chi connectivity index (χ1) is 11.6. The molecular formula is C17H15N3O4. The summed E-state index contributed by atoms with van der Waals surface area (Å²) < 4.78 is 0. The second-order valence-electron chi connectivity index (χ2n) is 4.78. The minimum absolute atomic E-state index is 0.00613. The zero-order valence-corrected chi connectivity index (χ0v) is 12.6. The molecule has 0 spiro atoms. The van der Waals surface area contributed by atoms with E-state index in [1.54, 1.807) is 48.5 Å². The van der Waals surface area contributed by atoms with Crippen LogP contribution in [0.2, 0.25) is 0 Å². The number of hydrazone groups is 1. The molecule has 0 aromatic heterocycles. The zero-order chi connectivity index (χ0) is 17.4.